The summed E-state index contributed by atoms with van der Waals surface area (Å²) in [4.78, 5) is 19.3. The standard InChI is InChI=1S/C22H21F3N6O4S/c1-26-36(33,34)15-4-6-18(35-2)13(8-15)10-27-20-16(22(23,24)25)11-28-21(31-20)29-14-3-5-17-12(7-14)9-19(32)30-17/h3-8,11,26H,9-10H2,1-2H3,(H,30,32)(H2,27,28,29,31). The number of carbonyl (C=O) groups is 1. The van der Waals surface area contributed by atoms with Gasteiger partial charge in [-0.3, -0.25) is 4.79 Å². The second-order valence-corrected chi connectivity index (χ2v) is 9.60. The molecule has 0 bridgehead atoms. The van der Waals surface area contributed by atoms with E-state index in [1.165, 1.54) is 32.4 Å². The first-order valence-corrected chi connectivity index (χ1v) is 12.0. The number of methoxy groups -OCH3 is 1. The highest BCUT2D eigenvalue weighted by atomic mass is 32.2. The molecule has 1 aliphatic heterocycles. The van der Waals surface area contributed by atoms with Crippen molar-refractivity contribution in [3.8, 4) is 5.75 Å². The van der Waals surface area contributed by atoms with Gasteiger partial charge in [0, 0.05) is 29.7 Å². The fourth-order valence-corrected chi connectivity index (χ4v) is 4.36. The molecule has 10 nitrogen and oxygen atoms in total. The number of aromatic nitrogens is 2. The molecule has 36 heavy (non-hydrogen) atoms. The number of nitrogens with one attached hydrogen (secondary N) is 4. The first kappa shape index (κ1) is 25.2. The predicted molar refractivity (Wildman–Crippen MR) is 126 cm³/mol. The third-order valence-electron chi connectivity index (χ3n) is 5.36. The number of anilines is 4. The van der Waals surface area contributed by atoms with Crippen LogP contribution in [0.1, 0.15) is 16.7 Å². The Bertz CT molecular complexity index is 1430. The van der Waals surface area contributed by atoms with E-state index in [1.807, 2.05) is 0 Å². The second kappa shape index (κ2) is 9.62. The summed E-state index contributed by atoms with van der Waals surface area (Å²) < 4.78 is 72.6. The molecule has 4 rings (SSSR count). The van der Waals surface area contributed by atoms with Gasteiger partial charge in [-0.05, 0) is 49.0 Å². The summed E-state index contributed by atoms with van der Waals surface area (Å²) in [6, 6.07) is 9.01. The quantitative estimate of drug-likeness (QED) is 0.354. The van der Waals surface area contributed by atoms with Gasteiger partial charge in [0.15, 0.2) is 0 Å². The lowest BCUT2D eigenvalue weighted by atomic mass is 10.1. The van der Waals surface area contributed by atoms with E-state index in [4.69, 9.17) is 4.74 Å². The zero-order chi connectivity index (χ0) is 26.1. The van der Waals surface area contributed by atoms with Gasteiger partial charge >= 0.3 is 6.18 Å². The van der Waals surface area contributed by atoms with Gasteiger partial charge in [-0.25, -0.2) is 18.1 Å². The van der Waals surface area contributed by atoms with Crippen LogP contribution in [0.3, 0.4) is 0 Å². The smallest absolute Gasteiger partial charge is 0.421 e. The molecule has 0 unspecified atom stereocenters. The minimum absolute atomic E-state index is 0.0757. The molecule has 0 saturated carbocycles. The second-order valence-electron chi connectivity index (χ2n) is 7.71. The van der Waals surface area contributed by atoms with Crippen molar-refractivity contribution in [3.63, 3.8) is 0 Å². The van der Waals surface area contributed by atoms with Crippen molar-refractivity contribution in [1.82, 2.24) is 14.7 Å². The fraction of sp³-hybridized carbons (Fsp3) is 0.227. The number of ether oxygens (including phenoxy) is 1. The fourth-order valence-electron chi connectivity index (χ4n) is 3.58. The van der Waals surface area contributed by atoms with Gasteiger partial charge in [0.1, 0.15) is 17.1 Å². The average molecular weight is 523 g/mol. The van der Waals surface area contributed by atoms with Crippen LogP contribution in [0.2, 0.25) is 0 Å². The van der Waals surface area contributed by atoms with Gasteiger partial charge in [-0.15, -0.1) is 0 Å². The van der Waals surface area contributed by atoms with Crippen molar-refractivity contribution in [2.45, 2.75) is 24.0 Å². The van der Waals surface area contributed by atoms with E-state index in [9.17, 15) is 26.4 Å². The molecule has 2 aromatic carbocycles. The zero-order valence-electron chi connectivity index (χ0n) is 19.0. The molecular formula is C22H21F3N6O4S. The first-order chi connectivity index (χ1) is 17.0. The number of alkyl halides is 3. The number of fused-ring (bicyclic) bond motifs is 1. The van der Waals surface area contributed by atoms with Crippen LogP contribution in [-0.4, -0.2) is 38.5 Å². The van der Waals surface area contributed by atoms with Gasteiger partial charge in [0.2, 0.25) is 21.9 Å². The number of hydrogen-bond donors (Lipinski definition) is 4. The van der Waals surface area contributed by atoms with Crippen molar-refractivity contribution in [2.24, 2.45) is 0 Å². The summed E-state index contributed by atoms with van der Waals surface area (Å²) in [5.41, 5.74) is 1.08. The molecule has 1 aromatic heterocycles. The molecule has 0 saturated heterocycles. The van der Waals surface area contributed by atoms with Crippen molar-refractivity contribution >= 4 is 39.1 Å². The van der Waals surface area contributed by atoms with E-state index in [0.29, 0.717) is 23.1 Å². The number of benzene rings is 2. The highest BCUT2D eigenvalue weighted by Gasteiger charge is 2.35. The van der Waals surface area contributed by atoms with Gasteiger partial charge < -0.3 is 20.7 Å². The van der Waals surface area contributed by atoms with Crippen LogP contribution < -0.4 is 25.4 Å². The lowest BCUT2D eigenvalue weighted by Crippen LogP contribution is -2.19. The van der Waals surface area contributed by atoms with Gasteiger partial charge in [-0.1, -0.05) is 0 Å². The van der Waals surface area contributed by atoms with Crippen molar-refractivity contribution in [1.29, 1.82) is 0 Å². The van der Waals surface area contributed by atoms with Crippen LogP contribution in [-0.2, 0) is 34.0 Å². The Hall–Kier alpha value is -3.91. The van der Waals surface area contributed by atoms with E-state index < -0.39 is 27.6 Å². The SMILES string of the molecule is CNS(=O)(=O)c1ccc(OC)c(CNc2nc(Nc3ccc4c(c3)CC(=O)N4)ncc2C(F)(F)F)c1. The largest absolute Gasteiger partial charge is 0.496 e. The predicted octanol–water partition coefficient (Wildman–Crippen LogP) is 3.26. The van der Waals surface area contributed by atoms with Crippen molar-refractivity contribution < 1.29 is 31.1 Å². The van der Waals surface area contributed by atoms with Crippen LogP contribution in [0.4, 0.5) is 36.3 Å². The van der Waals surface area contributed by atoms with E-state index in [0.717, 1.165) is 5.56 Å². The number of sulfonamides is 1. The number of hydrogen-bond acceptors (Lipinski definition) is 8. The lowest BCUT2D eigenvalue weighted by Gasteiger charge is -2.16. The maximum Gasteiger partial charge on any atom is 0.421 e. The molecule has 1 aliphatic rings. The molecule has 0 fully saturated rings. The maximum absolute atomic E-state index is 13.6. The Morgan fingerprint density at radius 2 is 1.94 bits per heavy atom. The Balaban J connectivity index is 1.62. The lowest BCUT2D eigenvalue weighted by molar-refractivity contribution is -0.137. The van der Waals surface area contributed by atoms with E-state index in [1.54, 1.807) is 18.2 Å². The first-order valence-electron chi connectivity index (χ1n) is 10.5. The summed E-state index contributed by atoms with van der Waals surface area (Å²) >= 11 is 0. The van der Waals surface area contributed by atoms with E-state index in [2.05, 4.69) is 30.6 Å². The maximum atomic E-state index is 13.6. The number of carbonyl (C=O) groups excluding carboxylic acids is 1. The summed E-state index contributed by atoms with van der Waals surface area (Å²) in [5.74, 6) is -0.496. The molecule has 4 N–H and O–H groups in total. The van der Waals surface area contributed by atoms with E-state index in [-0.39, 0.29) is 35.5 Å². The molecule has 0 spiro atoms. The Kier molecular flexibility index (Phi) is 6.73. The summed E-state index contributed by atoms with van der Waals surface area (Å²) in [7, 11) is -1.18. The van der Waals surface area contributed by atoms with Crippen LogP contribution in [0.5, 0.6) is 5.75 Å². The minimum Gasteiger partial charge on any atom is -0.496 e. The molecule has 0 radical (unpaired) electrons. The molecule has 2 heterocycles. The summed E-state index contributed by atoms with van der Waals surface area (Å²) in [6.45, 7) is -0.220. The third kappa shape index (κ3) is 5.33. The summed E-state index contributed by atoms with van der Waals surface area (Å²) in [6.07, 6.45) is -3.91. The number of halogens is 3. The topological polar surface area (TPSA) is 134 Å². The Morgan fingerprint density at radius 1 is 1.17 bits per heavy atom. The number of amides is 1. The van der Waals surface area contributed by atoms with Crippen LogP contribution in [0.15, 0.2) is 47.5 Å². The Labute approximate surface area is 204 Å². The van der Waals surface area contributed by atoms with Crippen LogP contribution in [0.25, 0.3) is 0 Å². The van der Waals surface area contributed by atoms with E-state index >= 15 is 0 Å². The zero-order valence-corrected chi connectivity index (χ0v) is 19.8. The normalized spacial score (nSPS) is 13.2. The van der Waals surface area contributed by atoms with Gasteiger partial charge in [0.25, 0.3) is 0 Å². The van der Waals surface area contributed by atoms with Crippen molar-refractivity contribution in [3.05, 3.63) is 59.3 Å². The van der Waals surface area contributed by atoms with Gasteiger partial charge in [0.05, 0.1) is 18.4 Å². The molecule has 1 amide bonds. The van der Waals surface area contributed by atoms with Gasteiger partial charge in [-0.2, -0.15) is 18.2 Å². The molecule has 190 valence electrons. The number of rotatable bonds is 8. The minimum atomic E-state index is -4.75. The summed E-state index contributed by atoms with van der Waals surface area (Å²) in [5, 5.41) is 8.16. The van der Waals surface area contributed by atoms with Crippen molar-refractivity contribution in [2.75, 3.05) is 30.1 Å². The number of nitrogens with zero attached hydrogens (tertiary/aromatic N) is 2. The molecular weight excluding hydrogens is 501 g/mol. The molecule has 0 atom stereocenters. The van der Waals surface area contributed by atoms with Crippen LogP contribution in [0, 0.1) is 0 Å². The monoisotopic (exact) mass is 522 g/mol. The molecule has 3 aromatic rings. The van der Waals surface area contributed by atoms with Crippen LogP contribution >= 0.6 is 0 Å². The third-order valence-corrected chi connectivity index (χ3v) is 6.77. The Morgan fingerprint density at radius 3 is 2.64 bits per heavy atom. The molecule has 14 heteroatoms. The highest BCUT2D eigenvalue weighted by Crippen LogP contribution is 2.35. The average Bonchev–Trinajstić information content (AvgIpc) is 3.21. The highest BCUT2D eigenvalue weighted by molar-refractivity contribution is 7.89. The molecule has 0 aliphatic carbocycles.